The third-order valence-corrected chi connectivity index (χ3v) is 17.0. The maximum absolute atomic E-state index is 13.1. The quantitative estimate of drug-likeness (QED) is 0.0169. The number of hydrogen-bond acceptors (Lipinski definition) is 15. The third kappa shape index (κ3) is 69.7. The van der Waals surface area contributed by atoms with E-state index in [0.717, 1.165) is 167 Å². The molecule has 0 saturated heterocycles. The van der Waals surface area contributed by atoms with Crippen LogP contribution >= 0.6 is 15.6 Å². The number of phosphoric ester groups is 2. The van der Waals surface area contributed by atoms with Crippen LogP contribution in [0.3, 0.4) is 0 Å². The van der Waals surface area contributed by atoms with Gasteiger partial charge < -0.3 is 33.8 Å². The van der Waals surface area contributed by atoms with Gasteiger partial charge in [-0.15, -0.1) is 0 Å². The zero-order chi connectivity index (χ0) is 71.8. The Morgan fingerprint density at radius 3 is 0.898 bits per heavy atom. The topological polar surface area (TPSA) is 237 Å². The van der Waals surface area contributed by atoms with Crippen LogP contribution in [0.15, 0.2) is 134 Å². The van der Waals surface area contributed by atoms with Gasteiger partial charge in [0.15, 0.2) is 12.2 Å². The average molecular weight is 1420 g/mol. The molecule has 0 saturated carbocycles. The van der Waals surface area contributed by atoms with E-state index in [2.05, 4.69) is 149 Å². The van der Waals surface area contributed by atoms with E-state index in [-0.39, 0.29) is 25.7 Å². The highest BCUT2D eigenvalue weighted by Crippen LogP contribution is 2.45. The van der Waals surface area contributed by atoms with Gasteiger partial charge in [-0.05, 0) is 148 Å². The zero-order valence-corrected chi connectivity index (χ0v) is 62.7. The van der Waals surface area contributed by atoms with Gasteiger partial charge in [0.05, 0.1) is 26.4 Å². The number of ether oxygens (including phenoxy) is 4. The Balaban J connectivity index is 5.41. The van der Waals surface area contributed by atoms with Crippen molar-refractivity contribution in [2.45, 2.75) is 303 Å². The molecule has 0 aromatic carbocycles. The van der Waals surface area contributed by atoms with Crippen molar-refractivity contribution < 1.29 is 80.2 Å². The number of hydrogen-bond donors (Lipinski definition) is 3. The van der Waals surface area contributed by atoms with Crippen molar-refractivity contribution >= 4 is 39.5 Å². The molecule has 3 N–H and O–H groups in total. The lowest BCUT2D eigenvalue weighted by molar-refractivity contribution is -0.161. The van der Waals surface area contributed by atoms with Gasteiger partial charge in [0, 0.05) is 25.7 Å². The van der Waals surface area contributed by atoms with Crippen LogP contribution < -0.4 is 0 Å². The highest BCUT2D eigenvalue weighted by molar-refractivity contribution is 7.47. The lowest BCUT2D eigenvalue weighted by atomic mass is 10.1. The Morgan fingerprint density at radius 2 is 0.551 bits per heavy atom. The number of esters is 4. The van der Waals surface area contributed by atoms with E-state index in [1.807, 2.05) is 12.2 Å². The van der Waals surface area contributed by atoms with Gasteiger partial charge in [-0.25, -0.2) is 9.13 Å². The molecule has 0 radical (unpaired) electrons. The van der Waals surface area contributed by atoms with Gasteiger partial charge in [-0.1, -0.05) is 245 Å². The molecule has 0 rings (SSSR count). The largest absolute Gasteiger partial charge is 0.472 e. The number of carbonyl (C=O) groups is 4. The monoisotopic (exact) mass is 1410 g/mol. The van der Waals surface area contributed by atoms with Crippen molar-refractivity contribution in [3.8, 4) is 0 Å². The number of allylic oxidation sites excluding steroid dienone is 22. The lowest BCUT2D eigenvalue weighted by Crippen LogP contribution is -2.30. The van der Waals surface area contributed by atoms with Gasteiger partial charge in [0.25, 0.3) is 0 Å². The molecule has 0 aliphatic carbocycles. The zero-order valence-electron chi connectivity index (χ0n) is 60.9. The number of aliphatic hydroxyl groups is 1. The number of rotatable bonds is 69. The van der Waals surface area contributed by atoms with E-state index in [1.54, 1.807) is 0 Å². The molecule has 0 aromatic heterocycles. The molecule has 0 aromatic rings. The van der Waals surface area contributed by atoms with Gasteiger partial charge in [-0.3, -0.25) is 37.3 Å². The fraction of sp³-hybridized carbons (Fsp3) is 0.671. The van der Waals surface area contributed by atoms with Crippen LogP contribution in [-0.2, 0) is 65.4 Å². The number of carbonyl (C=O) groups excluding carboxylic acids is 4. The van der Waals surface area contributed by atoms with Crippen molar-refractivity contribution in [1.82, 2.24) is 0 Å². The summed E-state index contributed by atoms with van der Waals surface area (Å²) in [6.45, 7) is 4.45. The van der Waals surface area contributed by atoms with Gasteiger partial charge in [-0.2, -0.15) is 0 Å². The highest BCUT2D eigenvalue weighted by atomic mass is 31.2. The average Bonchev–Trinajstić information content (AvgIpc) is 0.986. The highest BCUT2D eigenvalue weighted by Gasteiger charge is 2.30. The number of phosphoric acid groups is 2. The Kier molecular flexibility index (Phi) is 67.2. The van der Waals surface area contributed by atoms with Gasteiger partial charge in [0.1, 0.15) is 19.3 Å². The molecule has 17 nitrogen and oxygen atoms in total. The molecule has 560 valence electrons. The lowest BCUT2D eigenvalue weighted by Gasteiger charge is -2.21. The molecule has 0 fully saturated rings. The molecule has 5 unspecified atom stereocenters. The summed E-state index contributed by atoms with van der Waals surface area (Å²) < 4.78 is 68.3. The second-order valence-corrected chi connectivity index (χ2v) is 27.4. The minimum absolute atomic E-state index is 0.0685. The SMILES string of the molecule is CC/C=C\C/C=C\C/C=C\C/C=C\C/C=C\CCCC(=O)OCC(COP(=O)(O)OCC(O)COP(=O)(O)OCC(COC(=O)CCCCCCC/C=C\C/C=C\C/C=C\CC)OC(=O)CCCCCCC/C=C\C/C=C\CCCCC)OC(=O)CCCCCCC/C=C\CCCC. The maximum atomic E-state index is 13.1. The summed E-state index contributed by atoms with van der Waals surface area (Å²) in [6.07, 6.45) is 77.4. The summed E-state index contributed by atoms with van der Waals surface area (Å²) in [5.74, 6) is -2.29. The first-order valence-corrected chi connectivity index (χ1v) is 40.4. The van der Waals surface area contributed by atoms with Crippen molar-refractivity contribution in [1.29, 1.82) is 0 Å². The van der Waals surface area contributed by atoms with Gasteiger partial charge in [0.2, 0.25) is 0 Å². The predicted octanol–water partition coefficient (Wildman–Crippen LogP) is 21.3. The summed E-state index contributed by atoms with van der Waals surface area (Å²) in [5.41, 5.74) is 0. The first kappa shape index (κ1) is 93.2. The molecular weight excluding hydrogens is 1280 g/mol. The molecule has 0 amide bonds. The summed E-state index contributed by atoms with van der Waals surface area (Å²) in [5, 5.41) is 10.6. The Hall–Kier alpha value is -4.80. The standard InChI is InChI=1S/C79H132O17P2/c1-5-9-13-17-21-25-29-32-35-36-39-41-45-48-52-56-60-64-77(82)89-69-74(95-78(83)65-61-57-53-49-43-28-24-20-16-12-8-4)71-93-97(85,86)91-67-73(80)68-92-98(87,88)94-72-75(96-79(84)66-62-58-54-50-46-42-38-34-31-27-23-19-15-11-7-3)70-90-76(81)63-59-55-51-47-44-40-37-33-30-26-22-18-14-10-6-2/h9-10,13-14,20-27,32-35,37-39,41,48,52,73-75,80H,5-8,11-12,15-19,28-31,36,40,42-47,49-51,53-72H2,1-4H3,(H,85,86)(H,87,88)/b13-9-,14-10-,24-20-,25-21-,26-22-,27-23-,35-32-,37-33-,38-34-,41-39-,52-48-. The van der Waals surface area contributed by atoms with Crippen LogP contribution in [0.2, 0.25) is 0 Å². The van der Waals surface area contributed by atoms with E-state index in [9.17, 15) is 43.2 Å². The van der Waals surface area contributed by atoms with Crippen LogP contribution in [0.4, 0.5) is 0 Å². The molecule has 0 bridgehead atoms. The van der Waals surface area contributed by atoms with Crippen LogP contribution in [0.5, 0.6) is 0 Å². The number of aliphatic hydroxyl groups excluding tert-OH is 1. The van der Waals surface area contributed by atoms with Crippen LogP contribution in [0.1, 0.15) is 285 Å². The second-order valence-electron chi connectivity index (χ2n) is 24.5. The fourth-order valence-electron chi connectivity index (χ4n) is 9.40. The Morgan fingerprint density at radius 1 is 0.296 bits per heavy atom. The fourth-order valence-corrected chi connectivity index (χ4v) is 11.0. The first-order chi connectivity index (χ1) is 47.7. The van der Waals surface area contributed by atoms with E-state index in [0.29, 0.717) is 32.1 Å². The first-order valence-electron chi connectivity index (χ1n) is 37.4. The normalized spacial score (nSPS) is 14.7. The molecular formula is C79H132O17P2. The van der Waals surface area contributed by atoms with Crippen molar-refractivity contribution in [2.75, 3.05) is 39.6 Å². The predicted molar refractivity (Wildman–Crippen MR) is 399 cm³/mol. The smallest absolute Gasteiger partial charge is 0.462 e. The third-order valence-electron chi connectivity index (χ3n) is 15.1. The maximum Gasteiger partial charge on any atom is 0.472 e. The van der Waals surface area contributed by atoms with Crippen molar-refractivity contribution in [3.63, 3.8) is 0 Å². The summed E-state index contributed by atoms with van der Waals surface area (Å²) in [4.78, 5) is 72.7. The molecule has 98 heavy (non-hydrogen) atoms. The van der Waals surface area contributed by atoms with Gasteiger partial charge >= 0.3 is 39.5 Å². The van der Waals surface area contributed by atoms with Crippen molar-refractivity contribution in [2.24, 2.45) is 0 Å². The minimum atomic E-state index is -4.99. The summed E-state index contributed by atoms with van der Waals surface area (Å²) in [6, 6.07) is 0. The number of unbranched alkanes of at least 4 members (excludes halogenated alkanes) is 21. The molecule has 0 aliphatic rings. The van der Waals surface area contributed by atoms with Crippen LogP contribution in [0, 0.1) is 0 Å². The second kappa shape index (κ2) is 70.6. The molecule has 0 spiro atoms. The Bertz CT molecular complexity index is 2380. The van der Waals surface area contributed by atoms with Crippen LogP contribution in [0.25, 0.3) is 0 Å². The molecule has 0 heterocycles. The van der Waals surface area contributed by atoms with E-state index >= 15 is 0 Å². The van der Waals surface area contributed by atoms with E-state index in [1.165, 1.54) is 32.1 Å². The summed E-state index contributed by atoms with van der Waals surface area (Å²) >= 11 is 0. The molecule has 19 heteroatoms. The summed E-state index contributed by atoms with van der Waals surface area (Å²) in [7, 11) is -9.98. The molecule has 5 atom stereocenters. The molecule has 0 aliphatic heterocycles. The van der Waals surface area contributed by atoms with E-state index < -0.39 is 97.5 Å². The van der Waals surface area contributed by atoms with Crippen LogP contribution in [-0.4, -0.2) is 96.7 Å². The Labute approximate surface area is 593 Å². The van der Waals surface area contributed by atoms with E-state index in [4.69, 9.17) is 37.0 Å². The van der Waals surface area contributed by atoms with Crippen molar-refractivity contribution in [3.05, 3.63) is 134 Å². The minimum Gasteiger partial charge on any atom is -0.462 e.